The SMILES string of the molecule is CCCCCCCNc1ccccc1CC(=O)NC. The van der Waals surface area contributed by atoms with E-state index in [1.807, 2.05) is 24.3 Å². The van der Waals surface area contributed by atoms with Gasteiger partial charge in [0.25, 0.3) is 0 Å². The second-order valence-corrected chi connectivity index (χ2v) is 4.85. The summed E-state index contributed by atoms with van der Waals surface area (Å²) in [5, 5.41) is 6.10. The summed E-state index contributed by atoms with van der Waals surface area (Å²) in [6.45, 7) is 3.21. The Morgan fingerprint density at radius 1 is 1.11 bits per heavy atom. The Kier molecular flexibility index (Phi) is 7.71. The lowest BCUT2D eigenvalue weighted by molar-refractivity contribution is -0.119. The smallest absolute Gasteiger partial charge is 0.224 e. The summed E-state index contributed by atoms with van der Waals surface area (Å²) in [5.41, 5.74) is 2.15. The van der Waals surface area contributed by atoms with Crippen molar-refractivity contribution in [2.45, 2.75) is 45.4 Å². The Hall–Kier alpha value is -1.51. The Bertz CT molecular complexity index is 377. The van der Waals surface area contributed by atoms with Gasteiger partial charge in [-0.1, -0.05) is 50.8 Å². The van der Waals surface area contributed by atoms with Crippen molar-refractivity contribution in [2.24, 2.45) is 0 Å². The molecule has 0 aromatic heterocycles. The predicted molar refractivity (Wildman–Crippen MR) is 81.5 cm³/mol. The zero-order chi connectivity index (χ0) is 13.9. The number of benzene rings is 1. The Morgan fingerprint density at radius 3 is 2.58 bits per heavy atom. The van der Waals surface area contributed by atoms with Crippen molar-refractivity contribution in [1.82, 2.24) is 5.32 Å². The average molecular weight is 262 g/mol. The number of hydrogen-bond donors (Lipinski definition) is 2. The highest BCUT2D eigenvalue weighted by molar-refractivity contribution is 5.80. The molecule has 19 heavy (non-hydrogen) atoms. The van der Waals surface area contributed by atoms with Crippen LogP contribution in [0.2, 0.25) is 0 Å². The van der Waals surface area contributed by atoms with Gasteiger partial charge in [0.2, 0.25) is 5.91 Å². The molecule has 3 heteroatoms. The van der Waals surface area contributed by atoms with E-state index in [4.69, 9.17) is 0 Å². The van der Waals surface area contributed by atoms with Crippen molar-refractivity contribution >= 4 is 11.6 Å². The molecule has 0 heterocycles. The lowest BCUT2D eigenvalue weighted by atomic mass is 10.1. The van der Waals surface area contributed by atoms with E-state index >= 15 is 0 Å². The summed E-state index contributed by atoms with van der Waals surface area (Å²) in [6.07, 6.45) is 6.83. The minimum absolute atomic E-state index is 0.0530. The van der Waals surface area contributed by atoms with E-state index in [2.05, 4.69) is 17.6 Å². The van der Waals surface area contributed by atoms with Crippen LogP contribution in [0.15, 0.2) is 24.3 Å². The largest absolute Gasteiger partial charge is 0.385 e. The molecule has 1 amide bonds. The first-order valence-corrected chi connectivity index (χ1v) is 7.30. The molecule has 0 saturated heterocycles. The van der Waals surface area contributed by atoms with E-state index in [-0.39, 0.29) is 5.91 Å². The highest BCUT2D eigenvalue weighted by Gasteiger charge is 2.05. The summed E-state index contributed by atoms with van der Waals surface area (Å²) in [4.78, 5) is 11.4. The number of carbonyl (C=O) groups excluding carboxylic acids is 1. The Balaban J connectivity index is 2.38. The van der Waals surface area contributed by atoms with E-state index < -0.39 is 0 Å². The highest BCUT2D eigenvalue weighted by Crippen LogP contribution is 2.16. The molecule has 1 aromatic carbocycles. The van der Waals surface area contributed by atoms with Crippen LogP contribution in [0, 0.1) is 0 Å². The van der Waals surface area contributed by atoms with Gasteiger partial charge in [0.15, 0.2) is 0 Å². The predicted octanol–water partition coefficient (Wildman–Crippen LogP) is 3.36. The minimum atomic E-state index is 0.0530. The van der Waals surface area contributed by atoms with Crippen LogP contribution in [-0.4, -0.2) is 19.5 Å². The van der Waals surface area contributed by atoms with Gasteiger partial charge in [0.05, 0.1) is 6.42 Å². The maximum absolute atomic E-state index is 11.4. The first kappa shape index (κ1) is 15.5. The molecular formula is C16H26N2O. The topological polar surface area (TPSA) is 41.1 Å². The van der Waals surface area contributed by atoms with Crippen LogP contribution in [-0.2, 0) is 11.2 Å². The van der Waals surface area contributed by atoms with Gasteiger partial charge in [-0.05, 0) is 18.1 Å². The number of rotatable bonds is 9. The van der Waals surface area contributed by atoms with E-state index in [9.17, 15) is 4.79 Å². The fourth-order valence-corrected chi connectivity index (χ4v) is 2.06. The molecule has 0 aliphatic heterocycles. The summed E-state index contributed by atoms with van der Waals surface area (Å²) >= 11 is 0. The molecular weight excluding hydrogens is 236 g/mol. The van der Waals surface area contributed by atoms with Gasteiger partial charge < -0.3 is 10.6 Å². The van der Waals surface area contributed by atoms with Crippen molar-refractivity contribution in [1.29, 1.82) is 0 Å². The number of unbranched alkanes of at least 4 members (excludes halogenated alkanes) is 4. The number of para-hydroxylation sites is 1. The van der Waals surface area contributed by atoms with Gasteiger partial charge in [-0.2, -0.15) is 0 Å². The van der Waals surface area contributed by atoms with Gasteiger partial charge in [0.1, 0.15) is 0 Å². The molecule has 0 radical (unpaired) electrons. The standard InChI is InChI=1S/C16H26N2O/c1-3-4-5-6-9-12-18-15-11-8-7-10-14(15)13-16(19)17-2/h7-8,10-11,18H,3-6,9,12-13H2,1-2H3,(H,17,19). The fraction of sp³-hybridized carbons (Fsp3) is 0.562. The van der Waals surface area contributed by atoms with Crippen LogP contribution in [0.4, 0.5) is 5.69 Å². The number of anilines is 1. The quantitative estimate of drug-likeness (QED) is 0.670. The molecule has 0 unspecified atom stereocenters. The van der Waals surface area contributed by atoms with Crippen LogP contribution in [0.5, 0.6) is 0 Å². The molecule has 2 N–H and O–H groups in total. The van der Waals surface area contributed by atoms with E-state index in [1.165, 1.54) is 32.1 Å². The van der Waals surface area contributed by atoms with Gasteiger partial charge in [-0.3, -0.25) is 4.79 Å². The third-order valence-corrected chi connectivity index (χ3v) is 3.24. The number of carbonyl (C=O) groups is 1. The second-order valence-electron chi connectivity index (χ2n) is 4.85. The minimum Gasteiger partial charge on any atom is -0.385 e. The third-order valence-electron chi connectivity index (χ3n) is 3.24. The molecule has 0 fully saturated rings. The first-order chi connectivity index (χ1) is 9.27. The summed E-state index contributed by atoms with van der Waals surface area (Å²) in [6, 6.07) is 8.04. The van der Waals surface area contributed by atoms with Gasteiger partial charge >= 0.3 is 0 Å². The van der Waals surface area contributed by atoms with Gasteiger partial charge in [-0.15, -0.1) is 0 Å². The third kappa shape index (κ3) is 6.27. The Labute approximate surface area is 116 Å². The molecule has 1 aromatic rings. The van der Waals surface area contributed by atoms with E-state index in [0.29, 0.717) is 6.42 Å². The highest BCUT2D eigenvalue weighted by atomic mass is 16.1. The monoisotopic (exact) mass is 262 g/mol. The summed E-state index contributed by atoms with van der Waals surface area (Å²) in [7, 11) is 1.67. The fourth-order valence-electron chi connectivity index (χ4n) is 2.06. The molecule has 0 atom stereocenters. The molecule has 0 bridgehead atoms. The maximum atomic E-state index is 11.4. The van der Waals surface area contributed by atoms with Crippen LogP contribution >= 0.6 is 0 Å². The number of amides is 1. The molecule has 106 valence electrons. The van der Waals surface area contributed by atoms with Crippen molar-refractivity contribution in [3.05, 3.63) is 29.8 Å². The number of hydrogen-bond acceptors (Lipinski definition) is 2. The normalized spacial score (nSPS) is 10.2. The number of nitrogens with one attached hydrogen (secondary N) is 2. The summed E-state index contributed by atoms with van der Waals surface area (Å²) in [5.74, 6) is 0.0530. The Morgan fingerprint density at radius 2 is 1.84 bits per heavy atom. The maximum Gasteiger partial charge on any atom is 0.224 e. The zero-order valence-electron chi connectivity index (χ0n) is 12.2. The van der Waals surface area contributed by atoms with Crippen LogP contribution in [0.1, 0.15) is 44.6 Å². The second kappa shape index (κ2) is 9.42. The zero-order valence-corrected chi connectivity index (χ0v) is 12.2. The van der Waals surface area contributed by atoms with Gasteiger partial charge in [-0.25, -0.2) is 0 Å². The first-order valence-electron chi connectivity index (χ1n) is 7.30. The lowest BCUT2D eigenvalue weighted by Crippen LogP contribution is -2.20. The van der Waals surface area contributed by atoms with Crippen molar-refractivity contribution in [2.75, 3.05) is 18.9 Å². The van der Waals surface area contributed by atoms with Crippen molar-refractivity contribution in [3.63, 3.8) is 0 Å². The number of likely N-dealkylation sites (N-methyl/N-ethyl adjacent to an activating group) is 1. The molecule has 0 aliphatic carbocycles. The molecule has 0 aliphatic rings. The van der Waals surface area contributed by atoms with E-state index in [0.717, 1.165) is 17.8 Å². The van der Waals surface area contributed by atoms with E-state index in [1.54, 1.807) is 7.05 Å². The van der Waals surface area contributed by atoms with Gasteiger partial charge in [0, 0.05) is 19.3 Å². The molecule has 3 nitrogen and oxygen atoms in total. The molecule has 0 spiro atoms. The van der Waals surface area contributed by atoms with Crippen LogP contribution < -0.4 is 10.6 Å². The molecule has 1 rings (SSSR count). The van der Waals surface area contributed by atoms with Crippen LogP contribution in [0.25, 0.3) is 0 Å². The van der Waals surface area contributed by atoms with Crippen molar-refractivity contribution < 1.29 is 4.79 Å². The molecule has 0 saturated carbocycles. The lowest BCUT2D eigenvalue weighted by Gasteiger charge is -2.11. The summed E-state index contributed by atoms with van der Waals surface area (Å²) < 4.78 is 0. The van der Waals surface area contributed by atoms with Crippen molar-refractivity contribution in [3.8, 4) is 0 Å². The average Bonchev–Trinajstić information content (AvgIpc) is 2.44. The van der Waals surface area contributed by atoms with Crippen LogP contribution in [0.3, 0.4) is 0 Å².